The van der Waals surface area contributed by atoms with Crippen molar-refractivity contribution in [3.05, 3.63) is 35.4 Å². The lowest BCUT2D eigenvalue weighted by Gasteiger charge is -2.34. The van der Waals surface area contributed by atoms with Crippen LogP contribution in [0.1, 0.15) is 29.8 Å². The number of nitrogens with zero attached hydrogens (tertiary/aromatic N) is 2. The second kappa shape index (κ2) is 7.26. The molecule has 2 rings (SSSR count). The van der Waals surface area contributed by atoms with Gasteiger partial charge in [-0.3, -0.25) is 14.4 Å². The summed E-state index contributed by atoms with van der Waals surface area (Å²) in [7, 11) is 0. The number of hydrogen-bond donors (Lipinski definition) is 1. The van der Waals surface area contributed by atoms with E-state index in [4.69, 9.17) is 0 Å². The second-order valence-electron chi connectivity index (χ2n) is 6.08. The van der Waals surface area contributed by atoms with Crippen molar-refractivity contribution < 1.29 is 14.4 Å². The minimum absolute atomic E-state index is 0.0382. The number of carbonyl (C=O) groups is 3. The first kappa shape index (κ1) is 17.0. The highest BCUT2D eigenvalue weighted by atomic mass is 16.2. The summed E-state index contributed by atoms with van der Waals surface area (Å²) in [5.74, 6) is -1.15. The minimum Gasteiger partial charge on any atom is -0.346 e. The van der Waals surface area contributed by atoms with Crippen molar-refractivity contribution in [2.24, 2.45) is 0 Å². The highest BCUT2D eigenvalue weighted by Crippen LogP contribution is 2.10. The van der Waals surface area contributed by atoms with E-state index in [0.717, 1.165) is 5.56 Å². The van der Waals surface area contributed by atoms with E-state index in [0.29, 0.717) is 31.7 Å². The predicted molar refractivity (Wildman–Crippen MR) is 86.9 cm³/mol. The van der Waals surface area contributed by atoms with E-state index >= 15 is 0 Å². The van der Waals surface area contributed by atoms with Crippen molar-refractivity contribution in [3.63, 3.8) is 0 Å². The molecule has 0 saturated carbocycles. The van der Waals surface area contributed by atoms with Crippen LogP contribution in [-0.4, -0.2) is 59.7 Å². The summed E-state index contributed by atoms with van der Waals surface area (Å²) in [6, 6.07) is 7.36. The molecular weight excluding hydrogens is 294 g/mol. The van der Waals surface area contributed by atoms with Gasteiger partial charge in [-0.1, -0.05) is 17.7 Å². The fraction of sp³-hybridized carbons (Fsp3) is 0.471. The third-order valence-corrected chi connectivity index (χ3v) is 3.77. The SMILES string of the molecule is Cc1ccc(C(=O)N2CCN(C(=O)C(=O)NC(C)C)CC2)cc1. The number of nitrogens with one attached hydrogen (secondary N) is 1. The molecular formula is C17H23N3O3. The van der Waals surface area contributed by atoms with Crippen LogP contribution < -0.4 is 5.32 Å². The van der Waals surface area contributed by atoms with Crippen LogP contribution in [-0.2, 0) is 9.59 Å². The van der Waals surface area contributed by atoms with E-state index in [9.17, 15) is 14.4 Å². The molecule has 0 aromatic heterocycles. The Morgan fingerprint density at radius 2 is 1.48 bits per heavy atom. The van der Waals surface area contributed by atoms with Crippen molar-refractivity contribution in [2.45, 2.75) is 26.8 Å². The van der Waals surface area contributed by atoms with Gasteiger partial charge in [0.1, 0.15) is 0 Å². The maximum Gasteiger partial charge on any atom is 0.312 e. The van der Waals surface area contributed by atoms with Gasteiger partial charge >= 0.3 is 11.8 Å². The lowest BCUT2D eigenvalue weighted by atomic mass is 10.1. The van der Waals surface area contributed by atoms with Gasteiger partial charge in [-0.2, -0.15) is 0 Å². The van der Waals surface area contributed by atoms with E-state index in [1.165, 1.54) is 4.90 Å². The molecule has 0 radical (unpaired) electrons. The monoisotopic (exact) mass is 317 g/mol. The molecule has 6 nitrogen and oxygen atoms in total. The van der Waals surface area contributed by atoms with Crippen LogP contribution in [0.15, 0.2) is 24.3 Å². The molecule has 0 aliphatic carbocycles. The number of rotatable bonds is 2. The predicted octanol–water partition coefficient (Wildman–Crippen LogP) is 0.804. The van der Waals surface area contributed by atoms with Crippen molar-refractivity contribution in [3.8, 4) is 0 Å². The number of piperazine rings is 1. The highest BCUT2D eigenvalue weighted by molar-refractivity contribution is 6.35. The Labute approximate surface area is 136 Å². The largest absolute Gasteiger partial charge is 0.346 e. The molecule has 1 heterocycles. The molecule has 23 heavy (non-hydrogen) atoms. The average molecular weight is 317 g/mol. The van der Waals surface area contributed by atoms with Crippen molar-refractivity contribution in [1.82, 2.24) is 15.1 Å². The van der Waals surface area contributed by atoms with Crippen LogP contribution in [0.4, 0.5) is 0 Å². The summed E-state index contributed by atoms with van der Waals surface area (Å²) in [5, 5.41) is 2.59. The molecule has 0 spiro atoms. The summed E-state index contributed by atoms with van der Waals surface area (Å²) in [5.41, 5.74) is 1.75. The Hall–Kier alpha value is -2.37. The average Bonchev–Trinajstić information content (AvgIpc) is 2.53. The number of amides is 3. The van der Waals surface area contributed by atoms with E-state index in [1.54, 1.807) is 4.90 Å². The summed E-state index contributed by atoms with van der Waals surface area (Å²) in [6.07, 6.45) is 0. The number of aryl methyl sites for hydroxylation is 1. The number of benzene rings is 1. The van der Waals surface area contributed by atoms with E-state index in [1.807, 2.05) is 45.0 Å². The summed E-state index contributed by atoms with van der Waals surface area (Å²) in [6.45, 7) is 7.22. The van der Waals surface area contributed by atoms with Crippen LogP contribution >= 0.6 is 0 Å². The van der Waals surface area contributed by atoms with Gasteiger partial charge in [0.15, 0.2) is 0 Å². The first-order valence-electron chi connectivity index (χ1n) is 7.84. The molecule has 1 aromatic rings. The van der Waals surface area contributed by atoms with Crippen LogP contribution in [0.25, 0.3) is 0 Å². The number of hydrogen-bond acceptors (Lipinski definition) is 3. The van der Waals surface area contributed by atoms with Gasteiger partial charge in [0.25, 0.3) is 5.91 Å². The van der Waals surface area contributed by atoms with Crippen molar-refractivity contribution in [2.75, 3.05) is 26.2 Å². The van der Waals surface area contributed by atoms with Crippen LogP contribution in [0.5, 0.6) is 0 Å². The topological polar surface area (TPSA) is 69.7 Å². The molecule has 1 fully saturated rings. The Morgan fingerprint density at radius 1 is 0.957 bits per heavy atom. The highest BCUT2D eigenvalue weighted by Gasteiger charge is 2.28. The first-order chi connectivity index (χ1) is 10.9. The van der Waals surface area contributed by atoms with E-state index in [2.05, 4.69) is 5.32 Å². The molecule has 0 bridgehead atoms. The van der Waals surface area contributed by atoms with Crippen LogP contribution in [0, 0.1) is 6.92 Å². The maximum absolute atomic E-state index is 12.4. The fourth-order valence-corrected chi connectivity index (χ4v) is 2.46. The molecule has 1 saturated heterocycles. The van der Waals surface area contributed by atoms with Gasteiger partial charge in [0.05, 0.1) is 0 Å². The first-order valence-corrected chi connectivity index (χ1v) is 7.84. The molecule has 3 amide bonds. The zero-order valence-corrected chi connectivity index (χ0v) is 13.8. The Morgan fingerprint density at radius 3 is 2.00 bits per heavy atom. The fourth-order valence-electron chi connectivity index (χ4n) is 2.46. The van der Waals surface area contributed by atoms with E-state index < -0.39 is 11.8 Å². The third-order valence-electron chi connectivity index (χ3n) is 3.77. The normalized spacial score (nSPS) is 14.8. The minimum atomic E-state index is -0.585. The molecule has 1 aliphatic heterocycles. The molecule has 1 aromatic carbocycles. The van der Waals surface area contributed by atoms with Gasteiger partial charge in [0, 0.05) is 37.8 Å². The van der Waals surface area contributed by atoms with Crippen molar-refractivity contribution >= 4 is 17.7 Å². The Bertz CT molecular complexity index is 588. The zero-order chi connectivity index (χ0) is 17.0. The third kappa shape index (κ3) is 4.31. The van der Waals surface area contributed by atoms with E-state index in [-0.39, 0.29) is 11.9 Å². The maximum atomic E-state index is 12.4. The lowest BCUT2D eigenvalue weighted by molar-refractivity contribution is -0.147. The molecule has 1 aliphatic rings. The van der Waals surface area contributed by atoms with Crippen LogP contribution in [0.2, 0.25) is 0 Å². The lowest BCUT2D eigenvalue weighted by Crippen LogP contribution is -2.54. The number of carbonyl (C=O) groups excluding carboxylic acids is 3. The summed E-state index contributed by atoms with van der Waals surface area (Å²) >= 11 is 0. The molecule has 0 atom stereocenters. The van der Waals surface area contributed by atoms with Gasteiger partial charge in [-0.25, -0.2) is 0 Å². The van der Waals surface area contributed by atoms with Gasteiger partial charge < -0.3 is 15.1 Å². The van der Waals surface area contributed by atoms with Gasteiger partial charge in [-0.05, 0) is 32.9 Å². The zero-order valence-electron chi connectivity index (χ0n) is 13.8. The molecule has 1 N–H and O–H groups in total. The summed E-state index contributed by atoms with van der Waals surface area (Å²) in [4.78, 5) is 39.4. The molecule has 0 unspecified atom stereocenters. The van der Waals surface area contributed by atoms with Gasteiger partial charge in [-0.15, -0.1) is 0 Å². The summed E-state index contributed by atoms with van der Waals surface area (Å²) < 4.78 is 0. The quantitative estimate of drug-likeness (QED) is 0.821. The second-order valence-corrected chi connectivity index (χ2v) is 6.08. The standard InChI is InChI=1S/C17H23N3O3/c1-12(2)18-15(21)17(23)20-10-8-19(9-11-20)16(22)14-6-4-13(3)5-7-14/h4-7,12H,8-11H2,1-3H3,(H,18,21). The van der Waals surface area contributed by atoms with Crippen LogP contribution in [0.3, 0.4) is 0 Å². The Kier molecular flexibility index (Phi) is 5.36. The molecule has 6 heteroatoms. The van der Waals surface area contributed by atoms with Crippen molar-refractivity contribution in [1.29, 1.82) is 0 Å². The van der Waals surface area contributed by atoms with Gasteiger partial charge in [0.2, 0.25) is 0 Å². The Balaban J connectivity index is 1.90. The smallest absolute Gasteiger partial charge is 0.312 e. The molecule has 124 valence electrons.